The van der Waals surface area contributed by atoms with Crippen molar-refractivity contribution in [3.63, 3.8) is 0 Å². The Bertz CT molecular complexity index is 625. The van der Waals surface area contributed by atoms with Gasteiger partial charge in [-0.1, -0.05) is 18.2 Å². The van der Waals surface area contributed by atoms with Crippen molar-refractivity contribution in [1.29, 1.82) is 0 Å². The molecule has 1 fully saturated rings. The van der Waals surface area contributed by atoms with E-state index in [9.17, 15) is 13.2 Å². The normalized spacial score (nSPS) is 18.7. The number of carbonyl (C=O) groups excluding carboxylic acids is 1. The van der Waals surface area contributed by atoms with Crippen molar-refractivity contribution in [2.24, 2.45) is 5.92 Å². The van der Waals surface area contributed by atoms with Crippen molar-refractivity contribution in [3.05, 3.63) is 30.3 Å². The van der Waals surface area contributed by atoms with Gasteiger partial charge in [0.1, 0.15) is 0 Å². The van der Waals surface area contributed by atoms with Crippen molar-refractivity contribution in [2.45, 2.75) is 17.7 Å². The molecule has 136 valence electrons. The van der Waals surface area contributed by atoms with E-state index in [1.165, 1.54) is 4.31 Å². The molecule has 6 nitrogen and oxygen atoms in total. The zero-order valence-electron chi connectivity index (χ0n) is 14.1. The van der Waals surface area contributed by atoms with Crippen LogP contribution in [0, 0.1) is 5.92 Å². The summed E-state index contributed by atoms with van der Waals surface area (Å²) in [5, 5.41) is 3.01. The van der Waals surface area contributed by atoms with Crippen LogP contribution in [0.25, 0.3) is 0 Å². The van der Waals surface area contributed by atoms with Gasteiger partial charge in [-0.3, -0.25) is 4.79 Å². The fraction of sp³-hybridized carbons (Fsp3) is 0.562. The fourth-order valence-electron chi connectivity index (χ4n) is 2.81. The first kappa shape index (κ1) is 20.9. The number of sulfonamides is 1. The first-order chi connectivity index (χ1) is 11.0. The predicted octanol–water partition coefficient (Wildman–Crippen LogP) is 1.19. The van der Waals surface area contributed by atoms with Crippen molar-refractivity contribution in [3.8, 4) is 0 Å². The monoisotopic (exact) mass is 375 g/mol. The summed E-state index contributed by atoms with van der Waals surface area (Å²) in [7, 11) is 0.0877. The third kappa shape index (κ3) is 4.92. The summed E-state index contributed by atoms with van der Waals surface area (Å²) in [5.41, 5.74) is 0. The van der Waals surface area contributed by atoms with E-state index in [0.29, 0.717) is 19.5 Å². The number of nitrogens with one attached hydrogen (secondary N) is 1. The minimum absolute atomic E-state index is 0. The van der Waals surface area contributed by atoms with Crippen LogP contribution in [0.1, 0.15) is 12.8 Å². The van der Waals surface area contributed by atoms with Crippen molar-refractivity contribution in [2.75, 3.05) is 40.3 Å². The lowest BCUT2D eigenvalue weighted by molar-refractivity contribution is -0.135. The van der Waals surface area contributed by atoms with Crippen molar-refractivity contribution >= 4 is 28.3 Å². The number of halogens is 1. The van der Waals surface area contributed by atoms with Crippen LogP contribution >= 0.6 is 12.4 Å². The first-order valence-corrected chi connectivity index (χ1v) is 9.35. The Balaban J connectivity index is 0.00000288. The highest BCUT2D eigenvalue weighted by Gasteiger charge is 2.34. The molecule has 0 bridgehead atoms. The first-order valence-electron chi connectivity index (χ1n) is 7.91. The molecular weight excluding hydrogens is 350 g/mol. The van der Waals surface area contributed by atoms with E-state index < -0.39 is 10.0 Å². The predicted molar refractivity (Wildman–Crippen MR) is 96.7 cm³/mol. The van der Waals surface area contributed by atoms with Crippen LogP contribution in [0.2, 0.25) is 0 Å². The van der Waals surface area contributed by atoms with Gasteiger partial charge in [-0.25, -0.2) is 8.42 Å². The Hall–Kier alpha value is -1.15. The number of likely N-dealkylation sites (N-methyl/N-ethyl adjacent to an activating group) is 2. The molecule has 2 rings (SSSR count). The van der Waals surface area contributed by atoms with Gasteiger partial charge in [-0.2, -0.15) is 4.31 Å². The maximum absolute atomic E-state index is 12.7. The maximum Gasteiger partial charge on any atom is 0.243 e. The van der Waals surface area contributed by atoms with Crippen LogP contribution in [-0.4, -0.2) is 63.8 Å². The topological polar surface area (TPSA) is 69.7 Å². The molecule has 0 aliphatic carbocycles. The van der Waals surface area contributed by atoms with E-state index >= 15 is 0 Å². The Labute approximate surface area is 150 Å². The van der Waals surface area contributed by atoms with Gasteiger partial charge in [0.05, 0.1) is 10.8 Å². The number of carbonyl (C=O) groups is 1. The molecule has 1 aliphatic heterocycles. The lowest BCUT2D eigenvalue weighted by Gasteiger charge is -2.33. The Morgan fingerprint density at radius 2 is 2.00 bits per heavy atom. The number of nitrogens with zero attached hydrogens (tertiary/aromatic N) is 2. The van der Waals surface area contributed by atoms with Crippen LogP contribution in [0.3, 0.4) is 0 Å². The molecule has 8 heteroatoms. The van der Waals surface area contributed by atoms with Gasteiger partial charge in [0.15, 0.2) is 0 Å². The van der Waals surface area contributed by atoms with E-state index in [4.69, 9.17) is 0 Å². The number of hydrogen-bond acceptors (Lipinski definition) is 4. The van der Waals surface area contributed by atoms with E-state index in [0.717, 1.165) is 13.0 Å². The molecule has 1 N–H and O–H groups in total. The summed E-state index contributed by atoms with van der Waals surface area (Å²) in [4.78, 5) is 14.5. The molecule has 1 saturated heterocycles. The van der Waals surface area contributed by atoms with Crippen LogP contribution in [0.15, 0.2) is 35.2 Å². The summed E-state index contributed by atoms with van der Waals surface area (Å²) in [6.45, 7) is 2.08. The quantitative estimate of drug-likeness (QED) is 0.810. The Morgan fingerprint density at radius 1 is 1.33 bits per heavy atom. The van der Waals surface area contributed by atoms with Crippen molar-refractivity contribution < 1.29 is 13.2 Å². The van der Waals surface area contributed by atoms with E-state index in [1.807, 2.05) is 7.05 Å². The molecular formula is C16H26ClN3O3S. The van der Waals surface area contributed by atoms with E-state index in [1.54, 1.807) is 42.3 Å². The van der Waals surface area contributed by atoms with Gasteiger partial charge < -0.3 is 10.2 Å². The summed E-state index contributed by atoms with van der Waals surface area (Å²) >= 11 is 0. The van der Waals surface area contributed by atoms with Gasteiger partial charge in [-0.15, -0.1) is 12.4 Å². The van der Waals surface area contributed by atoms with Crippen molar-refractivity contribution in [1.82, 2.24) is 14.5 Å². The second-order valence-corrected chi connectivity index (χ2v) is 7.82. The molecule has 1 atom stereocenters. The average Bonchev–Trinajstić information content (AvgIpc) is 2.59. The number of rotatable bonds is 6. The standard InChI is InChI=1S/C16H25N3O3S.ClH/c1-17-10-12-18(2)16(20)14-7-6-11-19(13-14)23(21,22)15-8-4-3-5-9-15;/h3-5,8-9,14,17H,6-7,10-13H2,1-2H3;1H. The van der Waals surface area contributed by atoms with Gasteiger partial charge in [0, 0.05) is 33.2 Å². The van der Waals surface area contributed by atoms with Gasteiger partial charge >= 0.3 is 0 Å². The number of piperidine rings is 1. The average molecular weight is 376 g/mol. The third-order valence-corrected chi connectivity index (χ3v) is 6.07. The molecule has 24 heavy (non-hydrogen) atoms. The number of hydrogen-bond donors (Lipinski definition) is 1. The van der Waals surface area contributed by atoms with Crippen LogP contribution in [0.4, 0.5) is 0 Å². The highest BCUT2D eigenvalue weighted by atomic mass is 35.5. The zero-order chi connectivity index (χ0) is 16.9. The number of amides is 1. The summed E-state index contributed by atoms with van der Waals surface area (Å²) in [6, 6.07) is 8.41. The molecule has 1 aliphatic rings. The SMILES string of the molecule is CNCCN(C)C(=O)C1CCCN(S(=O)(=O)c2ccccc2)C1.Cl. The summed E-state index contributed by atoms with van der Waals surface area (Å²) < 4.78 is 26.8. The second kappa shape index (κ2) is 9.36. The Morgan fingerprint density at radius 3 is 2.62 bits per heavy atom. The largest absolute Gasteiger partial charge is 0.344 e. The van der Waals surface area contributed by atoms with Crippen LogP contribution in [-0.2, 0) is 14.8 Å². The molecule has 0 radical (unpaired) electrons. The van der Waals surface area contributed by atoms with E-state index in [2.05, 4.69) is 5.32 Å². The zero-order valence-corrected chi connectivity index (χ0v) is 15.8. The molecule has 1 amide bonds. The Kier molecular flexibility index (Phi) is 8.15. The van der Waals surface area contributed by atoms with E-state index in [-0.39, 0.29) is 35.7 Å². The molecule has 1 heterocycles. The molecule has 0 spiro atoms. The highest BCUT2D eigenvalue weighted by Crippen LogP contribution is 2.24. The molecule has 1 aromatic carbocycles. The minimum atomic E-state index is -3.52. The highest BCUT2D eigenvalue weighted by molar-refractivity contribution is 7.89. The lowest BCUT2D eigenvalue weighted by atomic mass is 9.98. The van der Waals surface area contributed by atoms with Crippen LogP contribution < -0.4 is 5.32 Å². The van der Waals surface area contributed by atoms with Gasteiger partial charge in [-0.05, 0) is 32.0 Å². The van der Waals surface area contributed by atoms with Crippen LogP contribution in [0.5, 0.6) is 0 Å². The molecule has 0 aromatic heterocycles. The fourth-order valence-corrected chi connectivity index (χ4v) is 4.35. The molecule has 1 aromatic rings. The number of benzene rings is 1. The van der Waals surface area contributed by atoms with Gasteiger partial charge in [0.25, 0.3) is 0 Å². The molecule has 0 saturated carbocycles. The van der Waals surface area contributed by atoms with Gasteiger partial charge in [0.2, 0.25) is 15.9 Å². The third-order valence-electron chi connectivity index (χ3n) is 4.19. The second-order valence-electron chi connectivity index (χ2n) is 5.88. The lowest BCUT2D eigenvalue weighted by Crippen LogP contribution is -2.46. The molecule has 1 unspecified atom stereocenters. The summed E-state index contributed by atoms with van der Waals surface area (Å²) in [5.74, 6) is -0.239. The maximum atomic E-state index is 12.7. The smallest absolute Gasteiger partial charge is 0.243 e. The summed E-state index contributed by atoms with van der Waals surface area (Å²) in [6.07, 6.45) is 1.45. The minimum Gasteiger partial charge on any atom is -0.344 e.